The van der Waals surface area contributed by atoms with Gasteiger partial charge >= 0.3 is 11.8 Å². The molecule has 2 fully saturated rings. The summed E-state index contributed by atoms with van der Waals surface area (Å²) in [5.74, 6) is -9.32. The number of H-pyrrole nitrogens is 1. The summed E-state index contributed by atoms with van der Waals surface area (Å²) in [6, 6.07) is 33.4. The number of nitrogens with zero attached hydrogens (tertiary/aromatic N) is 7. The Morgan fingerprint density at radius 1 is 0.653 bits per heavy atom. The predicted molar refractivity (Wildman–Crippen MR) is 278 cm³/mol. The molecule has 2 unspecified atom stereocenters. The van der Waals surface area contributed by atoms with Crippen LogP contribution in [-0.2, 0) is 19.2 Å². The quantitative estimate of drug-likeness (QED) is 0.0899. The Labute approximate surface area is 436 Å². The Morgan fingerprint density at radius 3 is 1.64 bits per heavy atom. The molecule has 2 aliphatic rings. The second-order valence-electron chi connectivity index (χ2n) is 17.1. The van der Waals surface area contributed by atoms with Crippen molar-refractivity contribution in [2.24, 2.45) is 5.73 Å². The Kier molecular flexibility index (Phi) is 17.3. The van der Waals surface area contributed by atoms with Crippen LogP contribution in [0.3, 0.4) is 0 Å². The lowest BCUT2D eigenvalue weighted by atomic mass is 9.99. The summed E-state index contributed by atoms with van der Waals surface area (Å²) in [5.41, 5.74) is 9.55. The zero-order valence-corrected chi connectivity index (χ0v) is 42.7. The number of nitrogens with two attached hydrogens (primary N) is 1. The topological polar surface area (TPSA) is 216 Å². The number of halogens is 5. The van der Waals surface area contributed by atoms with Crippen LogP contribution in [-0.4, -0.2) is 98.8 Å². The molecule has 0 bridgehead atoms. The molecule has 8 aromatic rings. The third-order valence-corrected chi connectivity index (χ3v) is 12.5. The molecule has 5 N–H and O–H groups in total. The number of anilines is 2. The van der Waals surface area contributed by atoms with Gasteiger partial charge in [-0.1, -0.05) is 76.6 Å². The number of benzene rings is 4. The zero-order valence-electron chi connectivity index (χ0n) is 41.1. The second-order valence-corrected chi connectivity index (χ2v) is 18.0. The van der Waals surface area contributed by atoms with Gasteiger partial charge < -0.3 is 35.6 Å². The van der Waals surface area contributed by atoms with Crippen LogP contribution in [0.1, 0.15) is 49.9 Å². The van der Waals surface area contributed by atoms with Gasteiger partial charge in [-0.3, -0.25) is 24.3 Å². The summed E-state index contributed by atoms with van der Waals surface area (Å²) in [5, 5.41) is 17.6. The van der Waals surface area contributed by atoms with Gasteiger partial charge in [0.25, 0.3) is 11.8 Å². The number of aromatic amines is 1. The van der Waals surface area contributed by atoms with Crippen molar-refractivity contribution in [3.05, 3.63) is 162 Å². The minimum absolute atomic E-state index is 0.0647. The lowest BCUT2D eigenvalue weighted by Gasteiger charge is -2.29. The van der Waals surface area contributed by atoms with Crippen LogP contribution >= 0.6 is 15.9 Å². The highest BCUT2D eigenvalue weighted by atomic mass is 79.9. The van der Waals surface area contributed by atoms with Crippen LogP contribution in [0, 0.1) is 0 Å². The van der Waals surface area contributed by atoms with E-state index in [1.807, 2.05) is 72.8 Å². The normalized spacial score (nSPS) is 17.3. The zero-order chi connectivity index (χ0) is 54.0. The molecule has 0 saturated carbocycles. The Bertz CT molecular complexity index is 3260. The number of hydrogen-bond acceptors (Lipinski definition) is 11. The smallest absolute Gasteiger partial charge is 0.321 e. The number of carbonyl (C=O) groups excluding carboxylic acids is 4. The van der Waals surface area contributed by atoms with Crippen molar-refractivity contribution in [2.75, 3.05) is 31.1 Å². The Balaban J connectivity index is 0.000000186. The molecule has 10 rings (SSSR count). The Morgan fingerprint density at radius 2 is 1.15 bits per heavy atom. The van der Waals surface area contributed by atoms with Crippen molar-refractivity contribution in [3.8, 4) is 17.4 Å². The summed E-state index contributed by atoms with van der Waals surface area (Å²) in [6.07, 6.45) is 6.47. The van der Waals surface area contributed by atoms with Gasteiger partial charge in [0, 0.05) is 77.8 Å². The van der Waals surface area contributed by atoms with E-state index >= 15 is 0 Å². The standard InChI is InChI=1S/C26H23F2N5O3.C20H18F2N4O2.C6H6BrNO.CH5N/c1-26(27,28)25(35)31-20-14-23(34)32(24(20)16-6-4-3-5-7-16)18-8-9-21-17(12-18)15-30-33(21)19-10-11-29-22(13-19)36-2;1-20(21,22)19(28)24-16-10-17(27)26(18(16)12-5-3-2-4-6-12)14-7-8-15-13(9-14)11-23-25-15;1-9-6-4-5(7)2-3-8-6;1-2/h3-13,15,20,24H,14H2,1-2H3,(H,31,35);2-9,11,16,18H,10H2,1H3,(H,23,25)(H,24,28);2-4H,1H3;2H2,1H3/t20-,24?;16-,18?;;/m00../s1. The third kappa shape index (κ3) is 12.8. The first-order chi connectivity index (χ1) is 35.9. The van der Waals surface area contributed by atoms with E-state index in [1.54, 1.807) is 94.9 Å². The molecule has 390 valence electrons. The van der Waals surface area contributed by atoms with Gasteiger partial charge in [-0.15, -0.1) is 0 Å². The molecular weight excluding hydrogens is 1040 g/mol. The van der Waals surface area contributed by atoms with E-state index in [-0.39, 0.29) is 24.7 Å². The minimum atomic E-state index is -3.55. The molecule has 6 heterocycles. The SMILES string of the molecule is CC(F)(F)C(=O)N[C@H]1CC(=O)N(c2ccc3[nH]ncc3c2)C1c1ccccc1.CN.COc1cc(-n2ncc3cc(N4C(=O)C[C@H](NC(=O)C(C)(F)F)C4c4ccccc4)ccc32)ccn1.COc1cc(Br)ccn1. The minimum Gasteiger partial charge on any atom is -0.481 e. The second kappa shape index (κ2) is 23.7. The maximum absolute atomic E-state index is 13.6. The maximum Gasteiger partial charge on any atom is 0.321 e. The van der Waals surface area contributed by atoms with E-state index in [0.29, 0.717) is 37.0 Å². The summed E-state index contributed by atoms with van der Waals surface area (Å²) in [7, 11) is 4.63. The molecule has 4 amide bonds. The van der Waals surface area contributed by atoms with Crippen molar-refractivity contribution in [1.29, 1.82) is 0 Å². The summed E-state index contributed by atoms with van der Waals surface area (Å²) < 4.78 is 66.9. The molecule has 2 aliphatic heterocycles. The van der Waals surface area contributed by atoms with E-state index in [2.05, 4.69) is 57.6 Å². The van der Waals surface area contributed by atoms with Crippen molar-refractivity contribution in [3.63, 3.8) is 0 Å². The summed E-state index contributed by atoms with van der Waals surface area (Å²) >= 11 is 3.28. The molecule has 0 aliphatic carbocycles. The van der Waals surface area contributed by atoms with Crippen LogP contribution in [0.2, 0.25) is 0 Å². The average Bonchev–Trinajstić information content (AvgIpc) is 4.21. The van der Waals surface area contributed by atoms with Gasteiger partial charge in [0.2, 0.25) is 23.6 Å². The first-order valence-corrected chi connectivity index (χ1v) is 24.0. The van der Waals surface area contributed by atoms with Crippen LogP contribution in [0.15, 0.2) is 151 Å². The first-order valence-electron chi connectivity index (χ1n) is 23.2. The fourth-order valence-electron chi connectivity index (χ4n) is 8.58. The van der Waals surface area contributed by atoms with E-state index < -0.39 is 47.8 Å². The number of nitrogens with one attached hydrogen (secondary N) is 3. The molecule has 17 nitrogen and oxygen atoms in total. The van der Waals surface area contributed by atoms with Gasteiger partial charge in [0.15, 0.2) is 0 Å². The van der Waals surface area contributed by atoms with Crippen LogP contribution < -0.4 is 35.6 Å². The monoisotopic (exact) mass is 1090 g/mol. The number of amides is 4. The van der Waals surface area contributed by atoms with Gasteiger partial charge in [0.05, 0.1) is 67.5 Å². The highest BCUT2D eigenvalue weighted by molar-refractivity contribution is 9.10. The molecule has 0 spiro atoms. The molecule has 0 radical (unpaired) electrons. The lowest BCUT2D eigenvalue weighted by molar-refractivity contribution is -0.144. The molecule has 75 heavy (non-hydrogen) atoms. The predicted octanol–water partition coefficient (Wildman–Crippen LogP) is 8.66. The number of fused-ring (bicyclic) bond motifs is 2. The number of ether oxygens (including phenoxy) is 2. The van der Waals surface area contributed by atoms with Crippen molar-refractivity contribution < 1.29 is 46.2 Å². The summed E-state index contributed by atoms with van der Waals surface area (Å²) in [6.45, 7) is 1.08. The fourth-order valence-corrected chi connectivity index (χ4v) is 8.90. The molecular formula is C53H52BrF4N11O6. The van der Waals surface area contributed by atoms with Crippen molar-refractivity contribution in [1.82, 2.24) is 40.6 Å². The highest BCUT2D eigenvalue weighted by Crippen LogP contribution is 2.41. The highest BCUT2D eigenvalue weighted by Gasteiger charge is 2.46. The van der Waals surface area contributed by atoms with Crippen molar-refractivity contribution in [2.45, 2.75) is 62.7 Å². The number of hydrogen-bond donors (Lipinski definition) is 4. The fraction of sp³-hybridized carbons (Fsp3) is 0.245. The molecule has 22 heteroatoms. The average molecular weight is 1090 g/mol. The molecule has 4 aromatic heterocycles. The van der Waals surface area contributed by atoms with Gasteiger partial charge in [-0.05, 0) is 66.7 Å². The molecule has 2 saturated heterocycles. The number of carbonyl (C=O) groups is 4. The van der Waals surface area contributed by atoms with Gasteiger partial charge in [0.1, 0.15) is 0 Å². The van der Waals surface area contributed by atoms with Gasteiger partial charge in [-0.25, -0.2) is 14.6 Å². The molecule has 4 atom stereocenters. The first kappa shape index (κ1) is 54.5. The maximum atomic E-state index is 13.6. The molecule has 4 aromatic carbocycles. The van der Waals surface area contributed by atoms with Crippen LogP contribution in [0.25, 0.3) is 27.5 Å². The van der Waals surface area contributed by atoms with E-state index in [9.17, 15) is 36.7 Å². The summed E-state index contributed by atoms with van der Waals surface area (Å²) in [4.78, 5) is 61.1. The van der Waals surface area contributed by atoms with E-state index in [1.165, 1.54) is 14.2 Å². The van der Waals surface area contributed by atoms with Crippen molar-refractivity contribution >= 4 is 72.7 Å². The Hall–Kier alpha value is -8.24. The van der Waals surface area contributed by atoms with E-state index in [0.717, 1.165) is 43.1 Å². The van der Waals surface area contributed by atoms with Crippen LogP contribution in [0.4, 0.5) is 28.9 Å². The number of alkyl halides is 4. The van der Waals surface area contributed by atoms with E-state index in [4.69, 9.17) is 9.47 Å². The third-order valence-electron chi connectivity index (χ3n) is 12.0. The lowest BCUT2D eigenvalue weighted by Crippen LogP contribution is -2.46. The van der Waals surface area contributed by atoms with Gasteiger partial charge in [-0.2, -0.15) is 27.8 Å². The number of pyridine rings is 2. The number of rotatable bonds is 11. The van der Waals surface area contributed by atoms with Crippen LogP contribution in [0.5, 0.6) is 11.8 Å². The largest absolute Gasteiger partial charge is 0.481 e. The number of methoxy groups -OCH3 is 2. The number of aromatic nitrogens is 6.